The van der Waals surface area contributed by atoms with Crippen molar-refractivity contribution in [3.8, 4) is 17.8 Å². The van der Waals surface area contributed by atoms with Crippen LogP contribution in [0.1, 0.15) is 24.0 Å². The molecule has 2 heterocycles. The van der Waals surface area contributed by atoms with Gasteiger partial charge in [-0.25, -0.2) is 4.39 Å². The molecule has 1 unspecified atom stereocenters. The lowest BCUT2D eigenvalue weighted by molar-refractivity contribution is 0.122. The minimum Gasteiger partial charge on any atom is -0.481 e. The number of rotatable bonds is 6. The fourth-order valence-electron chi connectivity index (χ4n) is 3.21. The minimum atomic E-state index is -0.317. The number of nitrogens with zero attached hydrogens (tertiary/aromatic N) is 3. The number of likely N-dealkylation sites (tertiary alicyclic amines) is 1. The maximum absolute atomic E-state index is 14.1. The zero-order chi connectivity index (χ0) is 18.4. The zero-order valence-electron chi connectivity index (χ0n) is 14.8. The molecule has 26 heavy (non-hydrogen) atoms. The molecule has 0 amide bonds. The predicted molar refractivity (Wildman–Crippen MR) is 95.4 cm³/mol. The third-order valence-electron chi connectivity index (χ3n) is 4.55. The highest BCUT2D eigenvalue weighted by Crippen LogP contribution is 2.22. The minimum absolute atomic E-state index is 0.317. The fraction of sp³-hybridized carbons (Fsp3) is 0.400. The lowest BCUT2D eigenvalue weighted by Gasteiger charge is -2.32. The molecule has 0 radical (unpaired) electrons. The van der Waals surface area contributed by atoms with E-state index in [0.29, 0.717) is 42.0 Å². The number of halogens is 1. The molecule has 0 spiro atoms. The molecule has 136 valence electrons. The van der Waals surface area contributed by atoms with Crippen LogP contribution < -0.4 is 9.47 Å². The average Bonchev–Trinajstić information content (AvgIpc) is 2.68. The number of piperidine rings is 1. The molecule has 1 aliphatic rings. The van der Waals surface area contributed by atoms with E-state index in [1.807, 2.05) is 18.2 Å². The van der Waals surface area contributed by atoms with Crippen LogP contribution in [0.4, 0.5) is 4.39 Å². The van der Waals surface area contributed by atoms with E-state index in [9.17, 15) is 4.39 Å². The molecule has 3 rings (SSSR count). The largest absolute Gasteiger partial charge is 0.481 e. The van der Waals surface area contributed by atoms with Crippen LogP contribution in [0.2, 0.25) is 0 Å². The van der Waals surface area contributed by atoms with E-state index in [2.05, 4.69) is 9.88 Å². The SMILES string of the molecule is COc1cccc(OCC2CCCN(Cc3ccc(C#N)cc3F)C2)n1. The lowest BCUT2D eigenvalue weighted by atomic mass is 9.98. The summed E-state index contributed by atoms with van der Waals surface area (Å²) in [7, 11) is 1.58. The van der Waals surface area contributed by atoms with E-state index in [-0.39, 0.29) is 5.82 Å². The van der Waals surface area contributed by atoms with Crippen LogP contribution in [-0.2, 0) is 6.54 Å². The molecule has 1 aromatic heterocycles. The summed E-state index contributed by atoms with van der Waals surface area (Å²) in [5, 5.41) is 8.84. The predicted octanol–water partition coefficient (Wildman–Crippen LogP) is 3.39. The average molecular weight is 355 g/mol. The number of methoxy groups -OCH3 is 1. The molecule has 0 aliphatic carbocycles. The van der Waals surface area contributed by atoms with E-state index in [0.717, 1.165) is 25.9 Å². The van der Waals surface area contributed by atoms with Gasteiger partial charge in [0, 0.05) is 36.7 Å². The van der Waals surface area contributed by atoms with Crippen molar-refractivity contribution in [3.05, 3.63) is 53.3 Å². The molecule has 0 saturated carbocycles. The van der Waals surface area contributed by atoms with E-state index in [1.165, 1.54) is 6.07 Å². The highest BCUT2D eigenvalue weighted by atomic mass is 19.1. The summed E-state index contributed by atoms with van der Waals surface area (Å²) in [5.41, 5.74) is 0.974. The number of hydrogen-bond acceptors (Lipinski definition) is 5. The second-order valence-corrected chi connectivity index (χ2v) is 6.49. The van der Waals surface area contributed by atoms with E-state index in [1.54, 1.807) is 25.3 Å². The van der Waals surface area contributed by atoms with E-state index in [4.69, 9.17) is 14.7 Å². The molecule has 1 saturated heterocycles. The highest BCUT2D eigenvalue weighted by Gasteiger charge is 2.21. The van der Waals surface area contributed by atoms with Crippen molar-refractivity contribution in [2.24, 2.45) is 5.92 Å². The lowest BCUT2D eigenvalue weighted by Crippen LogP contribution is -2.37. The van der Waals surface area contributed by atoms with Crippen molar-refractivity contribution in [2.45, 2.75) is 19.4 Å². The van der Waals surface area contributed by atoms with Gasteiger partial charge in [0.2, 0.25) is 11.8 Å². The standard InChI is InChI=1S/C20H22FN3O2/c1-25-19-5-2-6-20(23-19)26-14-16-4-3-9-24(12-16)13-17-8-7-15(11-22)10-18(17)21/h2,5-8,10,16H,3-4,9,12-14H2,1H3. The van der Waals surface area contributed by atoms with Crippen LogP contribution >= 0.6 is 0 Å². The van der Waals surface area contributed by atoms with Gasteiger partial charge >= 0.3 is 0 Å². The van der Waals surface area contributed by atoms with Gasteiger partial charge in [0.05, 0.1) is 25.3 Å². The molecule has 1 atom stereocenters. The molecular formula is C20H22FN3O2. The maximum atomic E-state index is 14.1. The monoisotopic (exact) mass is 355 g/mol. The van der Waals surface area contributed by atoms with Gasteiger partial charge in [-0.05, 0) is 31.5 Å². The Bertz CT molecular complexity index is 791. The first-order chi connectivity index (χ1) is 12.7. The van der Waals surface area contributed by atoms with Crippen LogP contribution in [-0.4, -0.2) is 36.7 Å². The molecule has 0 N–H and O–H groups in total. The van der Waals surface area contributed by atoms with Gasteiger partial charge in [-0.1, -0.05) is 12.1 Å². The zero-order valence-corrected chi connectivity index (χ0v) is 14.8. The second kappa shape index (κ2) is 8.63. The Balaban J connectivity index is 1.55. The Morgan fingerprint density at radius 2 is 2.15 bits per heavy atom. The molecule has 1 aliphatic heterocycles. The summed E-state index contributed by atoms with van der Waals surface area (Å²) < 4.78 is 25.0. The van der Waals surface area contributed by atoms with Crippen LogP contribution in [0.15, 0.2) is 36.4 Å². The van der Waals surface area contributed by atoms with Crippen LogP contribution in [0.25, 0.3) is 0 Å². The van der Waals surface area contributed by atoms with Crippen molar-refractivity contribution in [2.75, 3.05) is 26.8 Å². The van der Waals surface area contributed by atoms with Gasteiger partial charge in [0.1, 0.15) is 5.82 Å². The van der Waals surface area contributed by atoms with Crippen LogP contribution in [0, 0.1) is 23.1 Å². The molecule has 0 bridgehead atoms. The number of ether oxygens (including phenoxy) is 2. The number of pyridine rings is 1. The van der Waals surface area contributed by atoms with Gasteiger partial charge in [-0.15, -0.1) is 0 Å². The second-order valence-electron chi connectivity index (χ2n) is 6.49. The van der Waals surface area contributed by atoms with E-state index < -0.39 is 0 Å². The number of aromatic nitrogens is 1. The van der Waals surface area contributed by atoms with Crippen molar-refractivity contribution in [3.63, 3.8) is 0 Å². The number of benzene rings is 1. The van der Waals surface area contributed by atoms with Crippen molar-refractivity contribution >= 4 is 0 Å². The Hall–Kier alpha value is -2.65. The first-order valence-corrected chi connectivity index (χ1v) is 8.72. The topological polar surface area (TPSA) is 58.4 Å². The Morgan fingerprint density at radius 1 is 1.31 bits per heavy atom. The smallest absolute Gasteiger partial charge is 0.216 e. The number of hydrogen-bond donors (Lipinski definition) is 0. The number of nitriles is 1. The quantitative estimate of drug-likeness (QED) is 0.795. The Morgan fingerprint density at radius 3 is 2.92 bits per heavy atom. The van der Waals surface area contributed by atoms with Gasteiger partial charge in [0.25, 0.3) is 0 Å². The normalized spacial score (nSPS) is 17.5. The fourth-order valence-corrected chi connectivity index (χ4v) is 3.21. The Labute approximate surface area is 153 Å². The molecule has 1 fully saturated rings. The van der Waals surface area contributed by atoms with Gasteiger partial charge < -0.3 is 9.47 Å². The summed E-state index contributed by atoms with van der Waals surface area (Å²) >= 11 is 0. The molecule has 5 nitrogen and oxygen atoms in total. The maximum Gasteiger partial charge on any atom is 0.216 e. The first kappa shape index (κ1) is 18.2. The summed E-state index contributed by atoms with van der Waals surface area (Å²) in [6, 6.07) is 12.1. The third kappa shape index (κ3) is 4.70. The van der Waals surface area contributed by atoms with Crippen molar-refractivity contribution < 1.29 is 13.9 Å². The summed E-state index contributed by atoms with van der Waals surface area (Å²) in [6.07, 6.45) is 2.13. The summed E-state index contributed by atoms with van der Waals surface area (Å²) in [6.45, 7) is 2.91. The highest BCUT2D eigenvalue weighted by molar-refractivity contribution is 5.32. The van der Waals surface area contributed by atoms with Crippen LogP contribution in [0.3, 0.4) is 0 Å². The first-order valence-electron chi connectivity index (χ1n) is 8.72. The molecule has 1 aromatic carbocycles. The molecular weight excluding hydrogens is 333 g/mol. The summed E-state index contributed by atoms with van der Waals surface area (Å²) in [4.78, 5) is 6.49. The van der Waals surface area contributed by atoms with Crippen molar-refractivity contribution in [1.29, 1.82) is 5.26 Å². The van der Waals surface area contributed by atoms with Gasteiger partial charge in [-0.3, -0.25) is 4.90 Å². The van der Waals surface area contributed by atoms with E-state index >= 15 is 0 Å². The summed E-state index contributed by atoms with van der Waals surface area (Å²) in [5.74, 6) is 1.14. The third-order valence-corrected chi connectivity index (χ3v) is 4.55. The van der Waals surface area contributed by atoms with Crippen LogP contribution in [0.5, 0.6) is 11.8 Å². The molecule has 6 heteroatoms. The van der Waals surface area contributed by atoms with Gasteiger partial charge in [-0.2, -0.15) is 10.2 Å². The Kier molecular flexibility index (Phi) is 6.03. The van der Waals surface area contributed by atoms with Crippen molar-refractivity contribution in [1.82, 2.24) is 9.88 Å². The molecule has 2 aromatic rings. The van der Waals surface area contributed by atoms with Gasteiger partial charge in [0.15, 0.2) is 0 Å².